The molecule has 0 amide bonds. The molecular weight excluding hydrogens is 415 g/mol. The molecule has 2 aliphatic rings. The number of halogens is 2. The van der Waals surface area contributed by atoms with E-state index in [1.807, 2.05) is 0 Å². The highest BCUT2D eigenvalue weighted by atomic mass is 35.5. The molecule has 2 N–H and O–H groups in total. The van der Waals surface area contributed by atoms with Crippen LogP contribution in [0.3, 0.4) is 0 Å². The number of piperidine rings is 1. The summed E-state index contributed by atoms with van der Waals surface area (Å²) < 4.78 is 43.8. The highest BCUT2D eigenvalue weighted by Crippen LogP contribution is 2.42. The van der Waals surface area contributed by atoms with Gasteiger partial charge < -0.3 is 10.5 Å². The maximum atomic E-state index is 14.1. The zero-order valence-electron chi connectivity index (χ0n) is 16.1. The predicted octanol–water partition coefficient (Wildman–Crippen LogP) is 3.35. The number of rotatable bonds is 4. The van der Waals surface area contributed by atoms with Crippen LogP contribution in [0.4, 0.5) is 4.39 Å². The van der Waals surface area contributed by atoms with Crippen molar-refractivity contribution in [3.05, 3.63) is 58.4 Å². The molecule has 0 bridgehead atoms. The van der Waals surface area contributed by atoms with Crippen molar-refractivity contribution in [2.24, 2.45) is 5.73 Å². The predicted molar refractivity (Wildman–Crippen MR) is 111 cm³/mol. The first-order valence-electron chi connectivity index (χ1n) is 9.66. The summed E-state index contributed by atoms with van der Waals surface area (Å²) in [7, 11) is -3.29. The molecule has 0 aromatic heterocycles. The number of sulfone groups is 1. The Labute approximate surface area is 175 Å². The van der Waals surface area contributed by atoms with Crippen LogP contribution in [0.1, 0.15) is 30.1 Å². The number of ether oxygens (including phenoxy) is 1. The van der Waals surface area contributed by atoms with Gasteiger partial charge >= 0.3 is 0 Å². The van der Waals surface area contributed by atoms with Gasteiger partial charge in [0, 0.05) is 29.4 Å². The summed E-state index contributed by atoms with van der Waals surface area (Å²) in [4.78, 5) is 2.53. The van der Waals surface area contributed by atoms with Crippen LogP contribution < -0.4 is 10.5 Å². The largest absolute Gasteiger partial charge is 0.484 e. The van der Waals surface area contributed by atoms with Crippen molar-refractivity contribution in [1.82, 2.24) is 4.90 Å². The summed E-state index contributed by atoms with van der Waals surface area (Å²) in [5, 5.41) is 0.407. The van der Waals surface area contributed by atoms with Gasteiger partial charge in [0.25, 0.3) is 0 Å². The minimum atomic E-state index is -3.29. The fourth-order valence-corrected chi connectivity index (χ4v) is 5.25. The first-order chi connectivity index (χ1) is 13.7. The normalized spacial score (nSPS) is 25.0. The van der Waals surface area contributed by atoms with Crippen LogP contribution in [0.5, 0.6) is 5.75 Å². The standard InChI is InChI=1S/C21H24ClFN2O3S/c1-29(26,27)16-6-4-15(5-7-16)28-21-18-9-13(23)10-19(22)17(18)11-20(21)25-8-2-3-14(24)12-25/h4-7,9-10,14,20-21H,2-3,8,11-12,24H2,1H3/t14-,20-,21-/m1/s1. The number of nitrogens with two attached hydrogens (primary N) is 1. The monoisotopic (exact) mass is 438 g/mol. The van der Waals surface area contributed by atoms with Gasteiger partial charge in [0.05, 0.1) is 10.9 Å². The smallest absolute Gasteiger partial charge is 0.175 e. The SMILES string of the molecule is CS(=O)(=O)c1ccc(O[C@@H]2c3cc(F)cc(Cl)c3C[C@H]2N2CCC[C@@H](N)C2)cc1. The maximum absolute atomic E-state index is 14.1. The van der Waals surface area contributed by atoms with E-state index in [-0.39, 0.29) is 17.0 Å². The van der Waals surface area contributed by atoms with Crippen molar-refractivity contribution in [3.63, 3.8) is 0 Å². The molecule has 1 aliphatic heterocycles. The first-order valence-corrected chi connectivity index (χ1v) is 11.9. The molecule has 1 saturated heterocycles. The molecule has 0 radical (unpaired) electrons. The van der Waals surface area contributed by atoms with Crippen LogP contribution in [0, 0.1) is 5.82 Å². The van der Waals surface area contributed by atoms with Gasteiger partial charge in [0.15, 0.2) is 9.84 Å². The molecule has 1 fully saturated rings. The maximum Gasteiger partial charge on any atom is 0.175 e. The number of fused-ring (bicyclic) bond motifs is 1. The lowest BCUT2D eigenvalue weighted by molar-refractivity contribution is 0.0592. The molecule has 3 atom stereocenters. The zero-order valence-corrected chi connectivity index (χ0v) is 17.7. The minimum absolute atomic E-state index is 0.00904. The highest BCUT2D eigenvalue weighted by molar-refractivity contribution is 7.90. The summed E-state index contributed by atoms with van der Waals surface area (Å²) in [6.07, 6.45) is 3.41. The second-order valence-corrected chi connectivity index (χ2v) is 10.3. The summed E-state index contributed by atoms with van der Waals surface area (Å²) >= 11 is 6.34. The molecular formula is C21H24ClFN2O3S. The van der Waals surface area contributed by atoms with Gasteiger partial charge in [0.1, 0.15) is 17.7 Å². The fraction of sp³-hybridized carbons (Fsp3) is 0.429. The van der Waals surface area contributed by atoms with Gasteiger partial charge in [-0.25, -0.2) is 12.8 Å². The van der Waals surface area contributed by atoms with Crippen LogP contribution >= 0.6 is 11.6 Å². The van der Waals surface area contributed by atoms with E-state index in [4.69, 9.17) is 22.1 Å². The van der Waals surface area contributed by atoms with Gasteiger partial charge in [-0.1, -0.05) is 11.6 Å². The highest BCUT2D eigenvalue weighted by Gasteiger charge is 2.40. The van der Waals surface area contributed by atoms with Gasteiger partial charge in [-0.15, -0.1) is 0 Å². The first kappa shape index (κ1) is 20.6. The minimum Gasteiger partial charge on any atom is -0.484 e. The van der Waals surface area contributed by atoms with Crippen LogP contribution in [-0.2, 0) is 16.3 Å². The van der Waals surface area contributed by atoms with Crippen LogP contribution in [0.2, 0.25) is 5.02 Å². The molecule has 5 nitrogen and oxygen atoms in total. The lowest BCUT2D eigenvalue weighted by atomic mass is 10.0. The van der Waals surface area contributed by atoms with E-state index in [1.165, 1.54) is 24.3 Å². The second kappa shape index (κ2) is 7.87. The summed E-state index contributed by atoms with van der Waals surface area (Å²) in [5.41, 5.74) is 7.82. The quantitative estimate of drug-likeness (QED) is 0.792. The van der Waals surface area contributed by atoms with Crippen molar-refractivity contribution in [2.75, 3.05) is 19.3 Å². The number of benzene rings is 2. The number of hydrogen-bond acceptors (Lipinski definition) is 5. The molecule has 29 heavy (non-hydrogen) atoms. The number of hydrogen-bond donors (Lipinski definition) is 1. The summed E-state index contributed by atoms with van der Waals surface area (Å²) in [6, 6.07) is 9.22. The third-order valence-corrected chi connectivity index (χ3v) is 7.20. The second-order valence-electron chi connectivity index (χ2n) is 7.91. The lowest BCUT2D eigenvalue weighted by Gasteiger charge is -2.38. The lowest BCUT2D eigenvalue weighted by Crippen LogP contribution is -2.49. The van der Waals surface area contributed by atoms with E-state index in [0.717, 1.165) is 43.3 Å². The molecule has 2 aromatic carbocycles. The van der Waals surface area contributed by atoms with Crippen molar-refractivity contribution < 1.29 is 17.5 Å². The van der Waals surface area contributed by atoms with Crippen LogP contribution in [0.15, 0.2) is 41.3 Å². The van der Waals surface area contributed by atoms with Crippen LogP contribution in [-0.4, -0.2) is 44.7 Å². The van der Waals surface area contributed by atoms with E-state index >= 15 is 0 Å². The third kappa shape index (κ3) is 4.28. The van der Waals surface area contributed by atoms with Crippen molar-refractivity contribution in [2.45, 2.75) is 42.3 Å². The molecule has 8 heteroatoms. The van der Waals surface area contributed by atoms with E-state index in [2.05, 4.69) is 4.90 Å². The Morgan fingerprint density at radius 3 is 2.62 bits per heavy atom. The van der Waals surface area contributed by atoms with Crippen molar-refractivity contribution >= 4 is 21.4 Å². The molecule has 4 rings (SSSR count). The molecule has 1 heterocycles. The summed E-state index contributed by atoms with van der Waals surface area (Å²) in [5.74, 6) is 0.132. The van der Waals surface area contributed by atoms with Gasteiger partial charge in [-0.05, 0) is 67.8 Å². The molecule has 1 aliphatic carbocycles. The van der Waals surface area contributed by atoms with Gasteiger partial charge in [-0.3, -0.25) is 4.90 Å². The zero-order chi connectivity index (χ0) is 20.8. The average molecular weight is 439 g/mol. The fourth-order valence-electron chi connectivity index (χ4n) is 4.33. The van der Waals surface area contributed by atoms with Gasteiger partial charge in [0.2, 0.25) is 0 Å². The van der Waals surface area contributed by atoms with Crippen molar-refractivity contribution in [1.29, 1.82) is 0 Å². The number of nitrogens with zero attached hydrogens (tertiary/aromatic N) is 1. The molecule has 156 valence electrons. The molecule has 2 aromatic rings. The van der Waals surface area contributed by atoms with Crippen molar-refractivity contribution in [3.8, 4) is 5.75 Å². The Hall–Kier alpha value is -1.67. The van der Waals surface area contributed by atoms with E-state index in [1.54, 1.807) is 12.1 Å². The van der Waals surface area contributed by atoms with E-state index < -0.39 is 21.8 Å². The molecule has 0 saturated carbocycles. The molecule has 0 unspecified atom stereocenters. The Bertz CT molecular complexity index is 1010. The summed E-state index contributed by atoms with van der Waals surface area (Å²) in [6.45, 7) is 1.66. The molecule has 0 spiro atoms. The Morgan fingerprint density at radius 2 is 1.97 bits per heavy atom. The third-order valence-electron chi connectivity index (χ3n) is 5.74. The van der Waals surface area contributed by atoms with E-state index in [9.17, 15) is 12.8 Å². The van der Waals surface area contributed by atoms with Gasteiger partial charge in [-0.2, -0.15) is 0 Å². The Kier molecular flexibility index (Phi) is 5.59. The van der Waals surface area contributed by atoms with Crippen LogP contribution in [0.25, 0.3) is 0 Å². The average Bonchev–Trinajstić information content (AvgIpc) is 3.00. The number of likely N-dealkylation sites (tertiary alicyclic amines) is 1. The van der Waals surface area contributed by atoms with E-state index in [0.29, 0.717) is 17.2 Å². The topological polar surface area (TPSA) is 72.6 Å². The Morgan fingerprint density at radius 1 is 1.24 bits per heavy atom. The Balaban J connectivity index is 1.67.